The Morgan fingerprint density at radius 1 is 1.18 bits per heavy atom. The Morgan fingerprint density at radius 3 is 2.73 bits per heavy atom. The van der Waals surface area contributed by atoms with Crippen LogP contribution in [-0.4, -0.2) is 10.9 Å². The molecule has 3 aromatic rings. The van der Waals surface area contributed by atoms with Crippen molar-refractivity contribution in [2.75, 3.05) is 5.32 Å². The van der Waals surface area contributed by atoms with Gasteiger partial charge in [0.15, 0.2) is 5.13 Å². The van der Waals surface area contributed by atoms with Crippen LogP contribution < -0.4 is 5.32 Å². The van der Waals surface area contributed by atoms with E-state index in [0.29, 0.717) is 16.6 Å². The van der Waals surface area contributed by atoms with Crippen molar-refractivity contribution >= 4 is 45.3 Å². The molecule has 0 saturated heterocycles. The number of halogens is 1. The van der Waals surface area contributed by atoms with E-state index in [0.717, 1.165) is 17.7 Å². The number of aromatic nitrogens is 1. The first-order valence-corrected chi connectivity index (χ1v) is 8.93. The van der Waals surface area contributed by atoms with Crippen molar-refractivity contribution in [1.82, 2.24) is 4.98 Å². The third-order valence-corrected chi connectivity index (χ3v) is 4.85. The summed E-state index contributed by atoms with van der Waals surface area (Å²) in [6.07, 6.45) is 1.22. The summed E-state index contributed by atoms with van der Waals surface area (Å²) in [7, 11) is 0. The molecule has 0 fully saturated rings. The maximum Gasteiger partial charge on any atom is 0.226 e. The fourth-order valence-corrected chi connectivity index (χ4v) is 3.52. The van der Waals surface area contributed by atoms with Gasteiger partial charge < -0.3 is 5.32 Å². The van der Waals surface area contributed by atoms with Crippen molar-refractivity contribution in [3.63, 3.8) is 0 Å². The molecule has 3 rings (SSSR count). The Kier molecular flexibility index (Phi) is 4.87. The molecule has 3 nitrogen and oxygen atoms in total. The Labute approximate surface area is 141 Å². The molecule has 0 atom stereocenters. The molecule has 1 aromatic carbocycles. The maximum atomic E-state index is 11.9. The van der Waals surface area contributed by atoms with Gasteiger partial charge in [-0.25, -0.2) is 4.98 Å². The zero-order chi connectivity index (χ0) is 15.4. The largest absolute Gasteiger partial charge is 0.302 e. The van der Waals surface area contributed by atoms with Gasteiger partial charge in [-0.1, -0.05) is 23.7 Å². The van der Waals surface area contributed by atoms with Crippen molar-refractivity contribution in [1.29, 1.82) is 0 Å². The molecular weight excluding hydrogens is 336 g/mol. The van der Waals surface area contributed by atoms with Crippen LogP contribution in [0, 0.1) is 0 Å². The second-order valence-corrected chi connectivity index (χ2v) is 6.80. The van der Waals surface area contributed by atoms with Crippen LogP contribution >= 0.6 is 34.3 Å². The van der Waals surface area contributed by atoms with Crippen molar-refractivity contribution < 1.29 is 4.79 Å². The number of anilines is 1. The minimum absolute atomic E-state index is 0.0109. The number of thiophene rings is 1. The molecule has 112 valence electrons. The standard InChI is InChI=1S/C16H13ClN2OS2/c17-13-4-2-12(3-5-13)14-10-22-16(18-14)19-15(20)6-1-11-7-8-21-9-11/h2-5,7-10H,1,6H2,(H,18,19,20). The Bertz CT molecular complexity index is 751. The van der Waals surface area contributed by atoms with Crippen LogP contribution in [0.15, 0.2) is 46.5 Å². The van der Waals surface area contributed by atoms with Crippen molar-refractivity contribution in [3.8, 4) is 11.3 Å². The molecular formula is C16H13ClN2OS2. The molecule has 2 aromatic heterocycles. The number of nitrogens with zero attached hydrogens (tertiary/aromatic N) is 1. The topological polar surface area (TPSA) is 42.0 Å². The highest BCUT2D eigenvalue weighted by Gasteiger charge is 2.08. The van der Waals surface area contributed by atoms with Crippen molar-refractivity contribution in [2.45, 2.75) is 12.8 Å². The van der Waals surface area contributed by atoms with Gasteiger partial charge in [0.25, 0.3) is 0 Å². The fourth-order valence-electron chi connectivity index (χ4n) is 1.96. The van der Waals surface area contributed by atoms with Gasteiger partial charge in [-0.3, -0.25) is 4.79 Å². The zero-order valence-corrected chi connectivity index (χ0v) is 14.0. The van der Waals surface area contributed by atoms with Gasteiger partial charge in [0.05, 0.1) is 5.69 Å². The highest BCUT2D eigenvalue weighted by atomic mass is 35.5. The Balaban J connectivity index is 1.59. The number of carbonyl (C=O) groups is 1. The van der Waals surface area contributed by atoms with Crippen LogP contribution in [0.25, 0.3) is 11.3 Å². The third kappa shape index (κ3) is 3.94. The Hall–Kier alpha value is -1.69. The summed E-state index contributed by atoms with van der Waals surface area (Å²) in [5.74, 6) is -0.0109. The first-order chi connectivity index (χ1) is 10.7. The number of amides is 1. The quantitative estimate of drug-likeness (QED) is 0.697. The summed E-state index contributed by atoms with van der Waals surface area (Å²) in [5, 5.41) is 10.2. The van der Waals surface area contributed by atoms with Crippen molar-refractivity contribution in [2.24, 2.45) is 0 Å². The Morgan fingerprint density at radius 2 is 2.00 bits per heavy atom. The van der Waals surface area contributed by atoms with Gasteiger partial charge in [0.1, 0.15) is 0 Å². The second kappa shape index (κ2) is 7.05. The minimum atomic E-state index is -0.0109. The van der Waals surface area contributed by atoms with Gasteiger partial charge in [0, 0.05) is 22.4 Å². The molecule has 6 heteroatoms. The van der Waals surface area contributed by atoms with Crippen LogP contribution in [0.1, 0.15) is 12.0 Å². The monoisotopic (exact) mass is 348 g/mol. The van der Waals surface area contributed by atoms with Gasteiger partial charge >= 0.3 is 0 Å². The fraction of sp³-hybridized carbons (Fsp3) is 0.125. The maximum absolute atomic E-state index is 11.9. The van der Waals surface area contributed by atoms with Crippen LogP contribution in [-0.2, 0) is 11.2 Å². The normalized spacial score (nSPS) is 10.6. The summed E-state index contributed by atoms with van der Waals surface area (Å²) >= 11 is 8.95. The molecule has 0 bridgehead atoms. The molecule has 0 radical (unpaired) electrons. The van der Waals surface area contributed by atoms with E-state index in [1.807, 2.05) is 41.1 Å². The first-order valence-electron chi connectivity index (χ1n) is 6.73. The summed E-state index contributed by atoms with van der Waals surface area (Å²) in [4.78, 5) is 16.4. The van der Waals surface area contributed by atoms with Gasteiger partial charge in [0.2, 0.25) is 5.91 Å². The summed E-state index contributed by atoms with van der Waals surface area (Å²) in [5.41, 5.74) is 3.02. The first kappa shape index (κ1) is 15.2. The molecule has 2 heterocycles. The van der Waals surface area contributed by atoms with Gasteiger partial charge in [-0.05, 0) is 40.9 Å². The highest BCUT2D eigenvalue weighted by molar-refractivity contribution is 7.14. The molecule has 0 aliphatic rings. The van der Waals surface area contributed by atoms with Gasteiger partial charge in [-0.15, -0.1) is 11.3 Å². The van der Waals surface area contributed by atoms with E-state index in [2.05, 4.69) is 15.7 Å². The van der Waals surface area contributed by atoms with E-state index in [9.17, 15) is 4.79 Å². The highest BCUT2D eigenvalue weighted by Crippen LogP contribution is 2.26. The lowest BCUT2D eigenvalue weighted by Gasteiger charge is -2.00. The number of rotatable bonds is 5. The zero-order valence-electron chi connectivity index (χ0n) is 11.6. The minimum Gasteiger partial charge on any atom is -0.302 e. The average Bonchev–Trinajstić information content (AvgIpc) is 3.17. The molecule has 0 aliphatic heterocycles. The number of aryl methyl sites for hydroxylation is 1. The van der Waals surface area contributed by atoms with Crippen LogP contribution in [0.3, 0.4) is 0 Å². The molecule has 22 heavy (non-hydrogen) atoms. The predicted molar refractivity (Wildman–Crippen MR) is 93.8 cm³/mol. The summed E-state index contributed by atoms with van der Waals surface area (Å²) in [6, 6.07) is 9.53. The van der Waals surface area contributed by atoms with E-state index < -0.39 is 0 Å². The molecule has 0 unspecified atom stereocenters. The molecule has 0 spiro atoms. The number of thiazole rings is 1. The molecule has 1 amide bonds. The number of benzene rings is 1. The van der Waals surface area contributed by atoms with Crippen LogP contribution in [0.2, 0.25) is 5.02 Å². The lowest BCUT2D eigenvalue weighted by atomic mass is 10.2. The molecule has 1 N–H and O–H groups in total. The number of nitrogens with one attached hydrogen (secondary N) is 1. The summed E-state index contributed by atoms with van der Waals surface area (Å²) in [6.45, 7) is 0. The lowest BCUT2D eigenvalue weighted by molar-refractivity contribution is -0.116. The average molecular weight is 349 g/mol. The number of hydrogen-bond donors (Lipinski definition) is 1. The van der Waals surface area contributed by atoms with E-state index >= 15 is 0 Å². The van der Waals surface area contributed by atoms with Crippen LogP contribution in [0.4, 0.5) is 5.13 Å². The SMILES string of the molecule is O=C(CCc1ccsc1)Nc1nc(-c2ccc(Cl)cc2)cs1. The molecule has 0 saturated carbocycles. The number of carbonyl (C=O) groups excluding carboxylic acids is 1. The summed E-state index contributed by atoms with van der Waals surface area (Å²) < 4.78 is 0. The van der Waals surface area contributed by atoms with E-state index in [-0.39, 0.29) is 5.91 Å². The third-order valence-electron chi connectivity index (χ3n) is 3.11. The van der Waals surface area contributed by atoms with E-state index in [1.165, 1.54) is 16.9 Å². The van der Waals surface area contributed by atoms with E-state index in [4.69, 9.17) is 11.6 Å². The predicted octanol–water partition coefficient (Wildman–Crippen LogP) is 5.10. The van der Waals surface area contributed by atoms with Gasteiger partial charge in [-0.2, -0.15) is 11.3 Å². The lowest BCUT2D eigenvalue weighted by Crippen LogP contribution is -2.11. The number of hydrogen-bond acceptors (Lipinski definition) is 4. The van der Waals surface area contributed by atoms with Crippen LogP contribution in [0.5, 0.6) is 0 Å². The second-order valence-electron chi connectivity index (χ2n) is 4.72. The molecule has 0 aliphatic carbocycles. The van der Waals surface area contributed by atoms with E-state index in [1.54, 1.807) is 11.3 Å². The van der Waals surface area contributed by atoms with Crippen molar-refractivity contribution in [3.05, 3.63) is 57.1 Å². The smallest absolute Gasteiger partial charge is 0.226 e.